The fourth-order valence-corrected chi connectivity index (χ4v) is 7.81. The van der Waals surface area contributed by atoms with Crippen molar-refractivity contribution in [3.8, 4) is 5.75 Å². The van der Waals surface area contributed by atoms with Gasteiger partial charge >= 0.3 is 0 Å². The lowest BCUT2D eigenvalue weighted by Crippen LogP contribution is -2.58. The van der Waals surface area contributed by atoms with Crippen molar-refractivity contribution in [2.45, 2.75) is 34.5 Å². The second kappa shape index (κ2) is 8.37. The number of ether oxygens (including phenoxy) is 2. The first-order valence-corrected chi connectivity index (χ1v) is 13.7. The lowest BCUT2D eigenvalue weighted by atomic mass is 9.52. The van der Waals surface area contributed by atoms with Gasteiger partial charge in [-0.05, 0) is 41.3 Å². The summed E-state index contributed by atoms with van der Waals surface area (Å²) in [5, 5.41) is 0.754. The van der Waals surface area contributed by atoms with Crippen LogP contribution in [0, 0.1) is 17.8 Å². The van der Waals surface area contributed by atoms with Gasteiger partial charge in [-0.15, -0.1) is 0 Å². The van der Waals surface area contributed by atoms with E-state index in [2.05, 4.69) is 113 Å². The molecule has 8 atom stereocenters. The van der Waals surface area contributed by atoms with Gasteiger partial charge < -0.3 is 9.47 Å². The van der Waals surface area contributed by atoms with E-state index < -0.39 is 0 Å². The molecule has 5 aliphatic carbocycles. The van der Waals surface area contributed by atoms with E-state index >= 15 is 0 Å². The number of hydrogen-bond acceptors (Lipinski definition) is 2. The molecule has 4 heteroatoms. The quantitative estimate of drug-likeness (QED) is 0.365. The first-order valence-electron chi connectivity index (χ1n) is 12.4. The Morgan fingerprint density at radius 1 is 0.771 bits per heavy atom. The van der Waals surface area contributed by atoms with Gasteiger partial charge in [-0.25, -0.2) is 0 Å². The van der Waals surface area contributed by atoms with Crippen molar-refractivity contribution < 1.29 is 9.47 Å². The molecule has 0 N–H and O–H groups in total. The highest BCUT2D eigenvalue weighted by atomic mass is 79.9. The van der Waals surface area contributed by atoms with E-state index in [0.717, 1.165) is 10.8 Å². The van der Waals surface area contributed by atoms with Crippen molar-refractivity contribution in [1.82, 2.24) is 0 Å². The maximum Gasteiger partial charge on any atom is 0.135 e. The standard InChI is InChI=1S/C31H26BrClO2/c32-30-26(33)12-7-15-29(30)34-19-16-17-21-20-8-1-2-9-22(20)31(25(21)18-19)23-10-3-5-13-27(23)35-28-14-6-4-11-24(28)31/h1-18,20,22-24,27-30H. The molecule has 1 aromatic carbocycles. The summed E-state index contributed by atoms with van der Waals surface area (Å²) < 4.78 is 13.2. The summed E-state index contributed by atoms with van der Waals surface area (Å²) in [7, 11) is 0. The molecular weight excluding hydrogens is 520 g/mol. The molecule has 1 heterocycles. The van der Waals surface area contributed by atoms with Crippen molar-refractivity contribution in [2.75, 3.05) is 0 Å². The van der Waals surface area contributed by atoms with Gasteiger partial charge in [0.05, 0.1) is 17.0 Å². The number of halogens is 2. The largest absolute Gasteiger partial charge is 0.485 e. The Balaban J connectivity index is 1.40. The molecule has 1 spiro atoms. The molecule has 0 bridgehead atoms. The fraction of sp³-hybridized carbons (Fsp3) is 0.290. The topological polar surface area (TPSA) is 18.5 Å². The van der Waals surface area contributed by atoms with Crippen LogP contribution in [0.2, 0.25) is 0 Å². The highest BCUT2D eigenvalue weighted by Gasteiger charge is 2.63. The van der Waals surface area contributed by atoms with Gasteiger partial charge in [0.1, 0.15) is 11.9 Å². The lowest BCUT2D eigenvalue weighted by molar-refractivity contribution is -0.103. The van der Waals surface area contributed by atoms with Crippen molar-refractivity contribution in [3.05, 3.63) is 125 Å². The zero-order valence-corrected chi connectivity index (χ0v) is 21.4. The molecule has 6 aliphatic rings. The summed E-state index contributed by atoms with van der Waals surface area (Å²) in [5.74, 6) is 2.05. The smallest absolute Gasteiger partial charge is 0.135 e. The van der Waals surface area contributed by atoms with Crippen molar-refractivity contribution in [3.63, 3.8) is 0 Å². The minimum atomic E-state index is -0.157. The summed E-state index contributed by atoms with van der Waals surface area (Å²) >= 11 is 10.1. The highest BCUT2D eigenvalue weighted by molar-refractivity contribution is 9.09. The predicted octanol–water partition coefficient (Wildman–Crippen LogP) is 7.22. The molecule has 1 aliphatic heterocycles. The number of rotatable bonds is 2. The minimum Gasteiger partial charge on any atom is -0.485 e. The molecule has 1 aromatic rings. The van der Waals surface area contributed by atoms with E-state index in [1.165, 1.54) is 11.1 Å². The number of alkyl halides is 1. The maximum absolute atomic E-state index is 6.67. The Labute approximate surface area is 219 Å². The molecule has 8 unspecified atom stereocenters. The number of allylic oxidation sites excluding steroid dienone is 10. The second-order valence-corrected chi connectivity index (χ2v) is 11.5. The van der Waals surface area contributed by atoms with Gasteiger partial charge in [-0.2, -0.15) is 0 Å². The minimum absolute atomic E-state index is 0.0463. The van der Waals surface area contributed by atoms with Gasteiger partial charge in [-0.3, -0.25) is 0 Å². The van der Waals surface area contributed by atoms with Crippen LogP contribution >= 0.6 is 27.5 Å². The van der Waals surface area contributed by atoms with Crippen LogP contribution in [-0.4, -0.2) is 23.1 Å². The molecule has 1 saturated heterocycles. The second-order valence-electron chi connectivity index (χ2n) is 10.1. The molecule has 35 heavy (non-hydrogen) atoms. The first-order chi connectivity index (χ1) is 17.2. The summed E-state index contributed by atoms with van der Waals surface area (Å²) in [5.41, 5.74) is 2.66. The molecule has 0 amide bonds. The SMILES string of the molecule is ClC1=CC=CC(Oc2ccc3c(c2)C2(C4C=CC=CC4OC4C=CC=CC42)C2C=CC=CC32)C1Br. The van der Waals surface area contributed by atoms with E-state index in [1.54, 1.807) is 0 Å². The molecule has 0 aromatic heterocycles. The third kappa shape index (κ3) is 3.18. The van der Waals surface area contributed by atoms with Gasteiger partial charge in [0.15, 0.2) is 0 Å². The molecule has 176 valence electrons. The average molecular weight is 546 g/mol. The number of fused-ring (bicyclic) bond motifs is 9. The first kappa shape index (κ1) is 21.9. The van der Waals surface area contributed by atoms with Crippen molar-refractivity contribution in [2.24, 2.45) is 17.8 Å². The highest BCUT2D eigenvalue weighted by Crippen LogP contribution is 2.65. The Bertz CT molecular complexity index is 1240. The molecule has 7 rings (SSSR count). The van der Waals surface area contributed by atoms with Crippen LogP contribution < -0.4 is 4.74 Å². The van der Waals surface area contributed by atoms with Crippen LogP contribution in [0.15, 0.2) is 114 Å². The van der Waals surface area contributed by atoms with Crippen LogP contribution in [0.4, 0.5) is 0 Å². The normalized spacial score (nSPS) is 41.4. The number of benzene rings is 1. The molecule has 2 nitrogen and oxygen atoms in total. The Hall–Kier alpha value is -2.33. The zero-order chi connectivity index (χ0) is 23.6. The Morgan fingerprint density at radius 2 is 1.43 bits per heavy atom. The van der Waals surface area contributed by atoms with Crippen LogP contribution in [0.5, 0.6) is 5.75 Å². The third-order valence-corrected chi connectivity index (χ3v) is 10.1. The summed E-state index contributed by atoms with van der Waals surface area (Å²) in [6, 6.07) is 6.73. The Kier molecular flexibility index (Phi) is 5.24. The summed E-state index contributed by atoms with van der Waals surface area (Å²) in [6.45, 7) is 0. The average Bonchev–Trinajstić information content (AvgIpc) is 3.18. The summed E-state index contributed by atoms with van der Waals surface area (Å²) in [4.78, 5) is -0.0560. The molecule has 0 saturated carbocycles. The van der Waals surface area contributed by atoms with Crippen LogP contribution in [0.25, 0.3) is 0 Å². The molecule has 0 radical (unpaired) electrons. The summed E-state index contributed by atoms with van der Waals surface area (Å²) in [6.07, 6.45) is 33.0. The van der Waals surface area contributed by atoms with Gasteiger partial charge in [0, 0.05) is 28.2 Å². The van der Waals surface area contributed by atoms with Gasteiger partial charge in [0.2, 0.25) is 0 Å². The molecular formula is C31H26BrClO2. The van der Waals surface area contributed by atoms with E-state index in [-0.39, 0.29) is 40.4 Å². The van der Waals surface area contributed by atoms with E-state index in [4.69, 9.17) is 21.1 Å². The van der Waals surface area contributed by atoms with Gasteiger partial charge in [-0.1, -0.05) is 113 Å². The van der Waals surface area contributed by atoms with E-state index in [1.807, 2.05) is 12.2 Å². The van der Waals surface area contributed by atoms with Crippen molar-refractivity contribution in [1.29, 1.82) is 0 Å². The van der Waals surface area contributed by atoms with Crippen LogP contribution in [0.1, 0.15) is 17.0 Å². The maximum atomic E-state index is 6.67. The zero-order valence-electron chi connectivity index (χ0n) is 19.1. The number of hydrogen-bond donors (Lipinski definition) is 0. The monoisotopic (exact) mass is 544 g/mol. The van der Waals surface area contributed by atoms with E-state index in [0.29, 0.717) is 11.8 Å². The predicted molar refractivity (Wildman–Crippen MR) is 145 cm³/mol. The van der Waals surface area contributed by atoms with E-state index in [9.17, 15) is 0 Å². The fourth-order valence-electron chi connectivity index (χ4n) is 7.18. The van der Waals surface area contributed by atoms with Crippen LogP contribution in [-0.2, 0) is 10.2 Å². The van der Waals surface area contributed by atoms with Crippen molar-refractivity contribution >= 4 is 27.5 Å². The van der Waals surface area contributed by atoms with Gasteiger partial charge in [0.25, 0.3) is 0 Å². The Morgan fingerprint density at radius 3 is 2.17 bits per heavy atom. The lowest BCUT2D eigenvalue weighted by Gasteiger charge is -2.56. The van der Waals surface area contributed by atoms with Crippen LogP contribution in [0.3, 0.4) is 0 Å². The molecule has 1 fully saturated rings. The third-order valence-electron chi connectivity index (χ3n) is 8.50.